The van der Waals surface area contributed by atoms with Crippen molar-refractivity contribution >= 4 is 11.8 Å². The molecule has 0 saturated heterocycles. The van der Waals surface area contributed by atoms with E-state index in [2.05, 4.69) is 6.07 Å². The fourth-order valence-electron chi connectivity index (χ4n) is 1.08. The van der Waals surface area contributed by atoms with Crippen LogP contribution in [-0.2, 0) is 0 Å². The zero-order valence-corrected chi connectivity index (χ0v) is 7.63. The van der Waals surface area contributed by atoms with E-state index in [1.54, 1.807) is 0 Å². The smallest absolute Gasteiger partial charge is 0.231 e. The highest BCUT2D eigenvalue weighted by Gasteiger charge is 2.12. The summed E-state index contributed by atoms with van der Waals surface area (Å²) in [6.45, 7) is 0.293. The number of nitriles is 1. The molecule has 1 aliphatic rings. The SMILES string of the molecule is N#CCSc1ccc2c(c1)OCO2. The number of fused-ring (bicyclic) bond motifs is 1. The fourth-order valence-corrected chi connectivity index (χ4v) is 1.67. The summed E-state index contributed by atoms with van der Waals surface area (Å²) in [4.78, 5) is 1.03. The first-order valence-electron chi connectivity index (χ1n) is 3.79. The highest BCUT2D eigenvalue weighted by molar-refractivity contribution is 7.99. The second kappa shape index (κ2) is 3.58. The molecular formula is C9H7NO2S. The van der Waals surface area contributed by atoms with Gasteiger partial charge in [0.05, 0.1) is 11.8 Å². The van der Waals surface area contributed by atoms with Crippen LogP contribution in [0.1, 0.15) is 0 Å². The van der Waals surface area contributed by atoms with Gasteiger partial charge >= 0.3 is 0 Å². The van der Waals surface area contributed by atoms with Gasteiger partial charge in [-0.05, 0) is 18.2 Å². The summed E-state index contributed by atoms with van der Waals surface area (Å²) in [5, 5.41) is 8.39. The molecular weight excluding hydrogens is 186 g/mol. The summed E-state index contributed by atoms with van der Waals surface area (Å²) in [5.41, 5.74) is 0. The Morgan fingerprint density at radius 2 is 2.23 bits per heavy atom. The molecule has 2 rings (SSSR count). The largest absolute Gasteiger partial charge is 0.454 e. The molecule has 0 unspecified atom stereocenters. The lowest BCUT2D eigenvalue weighted by Crippen LogP contribution is -1.92. The van der Waals surface area contributed by atoms with Crippen LogP contribution >= 0.6 is 11.8 Å². The minimum absolute atomic E-state index is 0.293. The van der Waals surface area contributed by atoms with Gasteiger partial charge in [-0.15, -0.1) is 11.8 Å². The molecule has 0 saturated carbocycles. The van der Waals surface area contributed by atoms with Gasteiger partial charge in [-0.1, -0.05) is 0 Å². The molecule has 0 atom stereocenters. The van der Waals surface area contributed by atoms with Crippen LogP contribution in [0.2, 0.25) is 0 Å². The number of benzene rings is 1. The number of rotatable bonds is 2. The molecule has 4 heteroatoms. The Labute approximate surface area is 80.3 Å². The van der Waals surface area contributed by atoms with Crippen molar-refractivity contribution < 1.29 is 9.47 Å². The predicted molar refractivity (Wildman–Crippen MR) is 48.9 cm³/mol. The van der Waals surface area contributed by atoms with Gasteiger partial charge in [0.2, 0.25) is 6.79 Å². The topological polar surface area (TPSA) is 42.2 Å². The number of thioether (sulfide) groups is 1. The van der Waals surface area contributed by atoms with Gasteiger partial charge in [-0.2, -0.15) is 5.26 Å². The highest BCUT2D eigenvalue weighted by Crippen LogP contribution is 2.35. The lowest BCUT2D eigenvalue weighted by molar-refractivity contribution is 0.174. The Balaban J connectivity index is 2.17. The molecule has 1 aliphatic heterocycles. The summed E-state index contributed by atoms with van der Waals surface area (Å²) in [6.07, 6.45) is 0. The molecule has 0 spiro atoms. The van der Waals surface area contributed by atoms with Crippen LogP contribution in [0.25, 0.3) is 0 Å². The van der Waals surface area contributed by atoms with E-state index >= 15 is 0 Å². The van der Waals surface area contributed by atoms with Crippen LogP contribution < -0.4 is 9.47 Å². The van der Waals surface area contributed by atoms with Gasteiger partial charge in [-0.25, -0.2) is 0 Å². The van der Waals surface area contributed by atoms with E-state index in [1.165, 1.54) is 11.8 Å². The lowest BCUT2D eigenvalue weighted by Gasteiger charge is -1.98. The van der Waals surface area contributed by atoms with Crippen LogP contribution in [-0.4, -0.2) is 12.5 Å². The van der Waals surface area contributed by atoms with Crippen molar-refractivity contribution in [1.29, 1.82) is 5.26 Å². The number of ether oxygens (including phenoxy) is 2. The predicted octanol–water partition coefficient (Wildman–Crippen LogP) is 2.03. The second-order valence-corrected chi connectivity index (χ2v) is 3.51. The summed E-state index contributed by atoms with van der Waals surface area (Å²) < 4.78 is 10.4. The van der Waals surface area contributed by atoms with E-state index in [9.17, 15) is 0 Å². The molecule has 0 aromatic heterocycles. The molecule has 0 aliphatic carbocycles. The quantitative estimate of drug-likeness (QED) is 0.674. The molecule has 0 N–H and O–H groups in total. The minimum Gasteiger partial charge on any atom is -0.454 e. The molecule has 1 aromatic rings. The van der Waals surface area contributed by atoms with Crippen LogP contribution in [0.5, 0.6) is 11.5 Å². The Hall–Kier alpha value is -1.34. The normalized spacial score (nSPS) is 12.5. The maximum atomic E-state index is 8.39. The van der Waals surface area contributed by atoms with Gasteiger partial charge < -0.3 is 9.47 Å². The van der Waals surface area contributed by atoms with Crippen molar-refractivity contribution in [3.63, 3.8) is 0 Å². The van der Waals surface area contributed by atoms with Crippen LogP contribution in [0, 0.1) is 11.3 Å². The molecule has 13 heavy (non-hydrogen) atoms. The first-order chi connectivity index (χ1) is 6.40. The van der Waals surface area contributed by atoms with Gasteiger partial charge in [-0.3, -0.25) is 0 Å². The Morgan fingerprint density at radius 1 is 1.38 bits per heavy atom. The third kappa shape index (κ3) is 1.70. The molecule has 0 radical (unpaired) electrons. The standard InChI is InChI=1S/C9H7NO2S/c10-3-4-13-7-1-2-8-9(5-7)12-6-11-8/h1-2,5H,4,6H2. The molecule has 0 amide bonds. The first-order valence-corrected chi connectivity index (χ1v) is 4.78. The molecule has 3 nitrogen and oxygen atoms in total. The summed E-state index contributed by atoms with van der Waals surface area (Å²) in [7, 11) is 0. The molecule has 0 bridgehead atoms. The molecule has 66 valence electrons. The second-order valence-electron chi connectivity index (χ2n) is 2.46. The number of hydrogen-bond donors (Lipinski definition) is 0. The van der Waals surface area contributed by atoms with Crippen molar-refractivity contribution in [2.75, 3.05) is 12.5 Å². The Kier molecular flexibility index (Phi) is 2.28. The van der Waals surface area contributed by atoms with E-state index < -0.39 is 0 Å². The third-order valence-corrected chi connectivity index (χ3v) is 2.51. The van der Waals surface area contributed by atoms with Gasteiger partial charge in [0.25, 0.3) is 0 Å². The van der Waals surface area contributed by atoms with E-state index in [0.717, 1.165) is 16.4 Å². The average molecular weight is 193 g/mol. The monoisotopic (exact) mass is 193 g/mol. The molecule has 0 fully saturated rings. The number of hydrogen-bond acceptors (Lipinski definition) is 4. The molecule has 1 aromatic carbocycles. The van der Waals surface area contributed by atoms with Crippen molar-refractivity contribution in [2.45, 2.75) is 4.90 Å². The number of nitrogens with zero attached hydrogens (tertiary/aromatic N) is 1. The zero-order valence-electron chi connectivity index (χ0n) is 6.82. The van der Waals surface area contributed by atoms with Gasteiger partial charge in [0.15, 0.2) is 11.5 Å². The Bertz CT molecular complexity index is 359. The van der Waals surface area contributed by atoms with Crippen molar-refractivity contribution in [1.82, 2.24) is 0 Å². The van der Waals surface area contributed by atoms with Crippen molar-refractivity contribution in [3.8, 4) is 17.6 Å². The molecule has 1 heterocycles. The maximum absolute atomic E-state index is 8.39. The van der Waals surface area contributed by atoms with Gasteiger partial charge in [0, 0.05) is 4.90 Å². The van der Waals surface area contributed by atoms with Crippen LogP contribution in [0.4, 0.5) is 0 Å². The summed E-state index contributed by atoms with van der Waals surface area (Å²) >= 11 is 1.49. The van der Waals surface area contributed by atoms with Gasteiger partial charge in [0.1, 0.15) is 0 Å². The maximum Gasteiger partial charge on any atom is 0.231 e. The van der Waals surface area contributed by atoms with Crippen LogP contribution in [0.3, 0.4) is 0 Å². The lowest BCUT2D eigenvalue weighted by atomic mass is 10.3. The van der Waals surface area contributed by atoms with Crippen LogP contribution in [0.15, 0.2) is 23.1 Å². The van der Waals surface area contributed by atoms with Crippen molar-refractivity contribution in [2.24, 2.45) is 0 Å². The zero-order chi connectivity index (χ0) is 9.10. The summed E-state index contributed by atoms with van der Waals surface area (Å²) in [6, 6.07) is 7.76. The fraction of sp³-hybridized carbons (Fsp3) is 0.222. The van der Waals surface area contributed by atoms with Crippen molar-refractivity contribution in [3.05, 3.63) is 18.2 Å². The van der Waals surface area contributed by atoms with E-state index in [-0.39, 0.29) is 0 Å². The first kappa shape index (κ1) is 8.27. The average Bonchev–Trinajstić information content (AvgIpc) is 2.61. The Morgan fingerprint density at radius 3 is 3.08 bits per heavy atom. The third-order valence-electron chi connectivity index (χ3n) is 1.65. The minimum atomic E-state index is 0.293. The van der Waals surface area contributed by atoms with E-state index in [4.69, 9.17) is 14.7 Å². The van der Waals surface area contributed by atoms with E-state index in [0.29, 0.717) is 12.5 Å². The highest BCUT2D eigenvalue weighted by atomic mass is 32.2. The summed E-state index contributed by atoms with van der Waals surface area (Å²) in [5.74, 6) is 2.00. The van der Waals surface area contributed by atoms with E-state index in [1.807, 2.05) is 18.2 Å².